The van der Waals surface area contributed by atoms with Gasteiger partial charge in [0.15, 0.2) is 5.82 Å². The molecular formula is C22H28N7O2+. The fourth-order valence-corrected chi connectivity index (χ4v) is 3.73. The predicted molar refractivity (Wildman–Crippen MR) is 120 cm³/mol. The van der Waals surface area contributed by atoms with Gasteiger partial charge < -0.3 is 30.3 Å². The van der Waals surface area contributed by atoms with Gasteiger partial charge in [-0.25, -0.2) is 0 Å². The Bertz CT molecular complexity index is 1020. The highest BCUT2D eigenvalue weighted by molar-refractivity contribution is 5.62. The van der Waals surface area contributed by atoms with Crippen LogP contribution in [0.15, 0.2) is 48.5 Å². The maximum absolute atomic E-state index is 5.95. The molecule has 0 aliphatic carbocycles. The summed E-state index contributed by atoms with van der Waals surface area (Å²) < 4.78 is 10.7. The molecule has 1 fully saturated rings. The van der Waals surface area contributed by atoms with Crippen LogP contribution in [0.1, 0.15) is 5.82 Å². The number of benzene rings is 2. The van der Waals surface area contributed by atoms with Crippen molar-refractivity contribution in [3.8, 4) is 11.5 Å². The molecule has 0 amide bonds. The number of nitrogens with zero attached hydrogens (tertiary/aromatic N) is 4. The van der Waals surface area contributed by atoms with Gasteiger partial charge in [-0.1, -0.05) is 18.2 Å². The molecule has 1 aromatic heterocycles. The van der Waals surface area contributed by atoms with Crippen LogP contribution in [0, 0.1) is 0 Å². The molecule has 9 heteroatoms. The average molecular weight is 423 g/mol. The summed E-state index contributed by atoms with van der Waals surface area (Å²) in [6.45, 7) is 4.57. The number of piperazine rings is 1. The van der Waals surface area contributed by atoms with Crippen molar-refractivity contribution in [1.29, 1.82) is 0 Å². The molecule has 0 radical (unpaired) electrons. The number of nitrogen functional groups attached to an aromatic ring is 1. The maximum atomic E-state index is 5.95. The summed E-state index contributed by atoms with van der Waals surface area (Å²) in [5.41, 5.74) is 7.92. The number of quaternary nitrogens is 1. The molecule has 9 nitrogen and oxygen atoms in total. The highest BCUT2D eigenvalue weighted by Gasteiger charge is 2.22. The third-order valence-corrected chi connectivity index (χ3v) is 5.35. The first-order valence-electron chi connectivity index (χ1n) is 10.3. The van der Waals surface area contributed by atoms with Crippen LogP contribution >= 0.6 is 0 Å². The van der Waals surface area contributed by atoms with Crippen molar-refractivity contribution in [2.45, 2.75) is 6.54 Å². The molecule has 0 saturated carbocycles. The average Bonchev–Trinajstić information content (AvgIpc) is 2.79. The Morgan fingerprint density at radius 3 is 2.58 bits per heavy atom. The minimum absolute atomic E-state index is 0.205. The van der Waals surface area contributed by atoms with E-state index in [-0.39, 0.29) is 5.95 Å². The van der Waals surface area contributed by atoms with Crippen molar-refractivity contribution < 1.29 is 14.4 Å². The van der Waals surface area contributed by atoms with E-state index in [9.17, 15) is 0 Å². The van der Waals surface area contributed by atoms with E-state index in [1.807, 2.05) is 36.4 Å². The number of para-hydroxylation sites is 2. The lowest BCUT2D eigenvalue weighted by molar-refractivity contribution is -0.915. The number of ether oxygens (including phenoxy) is 2. The van der Waals surface area contributed by atoms with Gasteiger partial charge in [0.1, 0.15) is 18.0 Å². The minimum atomic E-state index is 0.205. The monoisotopic (exact) mass is 422 g/mol. The highest BCUT2D eigenvalue weighted by Crippen LogP contribution is 2.25. The lowest BCUT2D eigenvalue weighted by Crippen LogP contribution is -3.13. The van der Waals surface area contributed by atoms with Gasteiger partial charge in [-0.2, -0.15) is 15.0 Å². The molecule has 2 aromatic carbocycles. The van der Waals surface area contributed by atoms with Crippen molar-refractivity contribution in [1.82, 2.24) is 15.0 Å². The van der Waals surface area contributed by atoms with Gasteiger partial charge in [0.05, 0.1) is 46.1 Å². The van der Waals surface area contributed by atoms with Gasteiger partial charge in [0.2, 0.25) is 11.9 Å². The van der Waals surface area contributed by atoms with Crippen molar-refractivity contribution >= 4 is 23.3 Å². The largest absolute Gasteiger partial charge is 0.497 e. The second-order valence-corrected chi connectivity index (χ2v) is 7.37. The SMILES string of the molecule is COc1cccc(N2CC[NH+](Cc3nc(N)nc(Nc4ccccc4OC)n3)CC2)c1. The molecule has 0 atom stereocenters. The summed E-state index contributed by atoms with van der Waals surface area (Å²) in [5.74, 6) is 2.89. The van der Waals surface area contributed by atoms with Gasteiger partial charge in [0.25, 0.3) is 0 Å². The van der Waals surface area contributed by atoms with E-state index in [2.05, 4.69) is 37.3 Å². The molecule has 4 rings (SSSR count). The van der Waals surface area contributed by atoms with Crippen LogP contribution < -0.4 is 30.3 Å². The Labute approximate surface area is 181 Å². The summed E-state index contributed by atoms with van der Waals surface area (Å²) in [6, 6.07) is 15.8. The molecule has 1 aliphatic rings. The second kappa shape index (κ2) is 9.48. The Morgan fingerprint density at radius 1 is 1.00 bits per heavy atom. The number of rotatable bonds is 7. The van der Waals surface area contributed by atoms with E-state index in [4.69, 9.17) is 15.2 Å². The second-order valence-electron chi connectivity index (χ2n) is 7.37. The number of anilines is 4. The quantitative estimate of drug-likeness (QED) is 0.521. The van der Waals surface area contributed by atoms with Crippen LogP contribution in [0.25, 0.3) is 0 Å². The van der Waals surface area contributed by atoms with E-state index in [0.29, 0.717) is 24.1 Å². The minimum Gasteiger partial charge on any atom is -0.497 e. The highest BCUT2D eigenvalue weighted by atomic mass is 16.5. The third-order valence-electron chi connectivity index (χ3n) is 5.35. The Kier molecular flexibility index (Phi) is 6.32. The summed E-state index contributed by atoms with van der Waals surface area (Å²) in [5, 5.41) is 3.18. The topological polar surface area (TPSA) is 103 Å². The lowest BCUT2D eigenvalue weighted by Gasteiger charge is -2.33. The lowest BCUT2D eigenvalue weighted by atomic mass is 10.2. The molecule has 1 aliphatic heterocycles. The normalized spacial score (nSPS) is 14.3. The van der Waals surface area contributed by atoms with Crippen LogP contribution in [0.2, 0.25) is 0 Å². The van der Waals surface area contributed by atoms with E-state index in [0.717, 1.165) is 37.6 Å². The van der Waals surface area contributed by atoms with Crippen LogP contribution in [-0.4, -0.2) is 55.4 Å². The van der Waals surface area contributed by atoms with Crippen molar-refractivity contribution in [3.05, 3.63) is 54.4 Å². The number of nitrogens with two attached hydrogens (primary N) is 1. The van der Waals surface area contributed by atoms with E-state index in [1.165, 1.54) is 10.6 Å². The molecular weight excluding hydrogens is 394 g/mol. The smallest absolute Gasteiger partial charge is 0.232 e. The van der Waals surface area contributed by atoms with Gasteiger partial charge in [-0.05, 0) is 24.3 Å². The van der Waals surface area contributed by atoms with Crippen molar-refractivity contribution in [3.63, 3.8) is 0 Å². The van der Waals surface area contributed by atoms with Crippen molar-refractivity contribution in [2.75, 3.05) is 56.3 Å². The summed E-state index contributed by atoms with van der Waals surface area (Å²) in [7, 11) is 3.32. The maximum Gasteiger partial charge on any atom is 0.232 e. The first-order chi connectivity index (χ1) is 15.1. The Hall–Kier alpha value is -3.59. The van der Waals surface area contributed by atoms with E-state index in [1.54, 1.807) is 14.2 Å². The number of hydrogen-bond acceptors (Lipinski definition) is 8. The molecule has 31 heavy (non-hydrogen) atoms. The fourth-order valence-electron chi connectivity index (χ4n) is 3.73. The van der Waals surface area contributed by atoms with Gasteiger partial charge in [0, 0.05) is 11.8 Å². The van der Waals surface area contributed by atoms with Crippen LogP contribution in [0.4, 0.5) is 23.3 Å². The number of nitrogens with one attached hydrogen (secondary N) is 2. The molecule has 0 unspecified atom stereocenters. The Morgan fingerprint density at radius 2 is 1.81 bits per heavy atom. The van der Waals surface area contributed by atoms with Crippen LogP contribution in [0.3, 0.4) is 0 Å². The van der Waals surface area contributed by atoms with Gasteiger partial charge >= 0.3 is 0 Å². The standard InChI is InChI=1S/C22H27N7O2/c1-30-17-7-5-6-16(14-17)29-12-10-28(11-13-29)15-20-25-21(23)27-22(26-20)24-18-8-3-4-9-19(18)31-2/h3-9,14H,10-13,15H2,1-2H3,(H3,23,24,25,26,27)/p+1. The zero-order valence-electron chi connectivity index (χ0n) is 17.8. The summed E-state index contributed by atoms with van der Waals surface area (Å²) in [4.78, 5) is 16.9. The molecule has 1 saturated heterocycles. The summed E-state index contributed by atoms with van der Waals surface area (Å²) >= 11 is 0. The molecule has 0 bridgehead atoms. The van der Waals surface area contributed by atoms with Gasteiger partial charge in [-0.15, -0.1) is 0 Å². The van der Waals surface area contributed by atoms with E-state index >= 15 is 0 Å². The predicted octanol–water partition coefficient (Wildman–Crippen LogP) is 1.12. The van der Waals surface area contributed by atoms with E-state index < -0.39 is 0 Å². The van der Waals surface area contributed by atoms with Crippen molar-refractivity contribution in [2.24, 2.45) is 0 Å². The van der Waals surface area contributed by atoms with Crippen LogP contribution in [0.5, 0.6) is 11.5 Å². The molecule has 3 aromatic rings. The first kappa shape index (κ1) is 20.7. The number of aromatic nitrogens is 3. The zero-order chi connectivity index (χ0) is 21.6. The third kappa shape index (κ3) is 5.13. The molecule has 4 N–H and O–H groups in total. The van der Waals surface area contributed by atoms with Gasteiger partial charge in [-0.3, -0.25) is 0 Å². The molecule has 162 valence electrons. The fraction of sp³-hybridized carbons (Fsp3) is 0.318. The first-order valence-corrected chi connectivity index (χ1v) is 10.3. The van der Waals surface area contributed by atoms with Crippen LogP contribution in [-0.2, 0) is 6.54 Å². The zero-order valence-corrected chi connectivity index (χ0v) is 17.8. The molecule has 2 heterocycles. The molecule has 0 spiro atoms. The number of methoxy groups -OCH3 is 2. The number of hydrogen-bond donors (Lipinski definition) is 3. The Balaban J connectivity index is 1.40. The summed E-state index contributed by atoms with van der Waals surface area (Å²) in [6.07, 6.45) is 0.